The number of aryl methyl sites for hydroxylation is 1. The number of benzene rings is 1. The summed E-state index contributed by atoms with van der Waals surface area (Å²) in [6.07, 6.45) is 10.8. The molecule has 1 heterocycles. The minimum atomic E-state index is -0.166. The number of hydrogen-bond donors (Lipinski definition) is 1. The van der Waals surface area contributed by atoms with Crippen LogP contribution in [0.1, 0.15) is 56.9 Å². The summed E-state index contributed by atoms with van der Waals surface area (Å²) in [6.45, 7) is 3.12. The molecule has 1 saturated heterocycles. The van der Waals surface area contributed by atoms with Gasteiger partial charge in [0, 0.05) is 24.5 Å². The van der Waals surface area contributed by atoms with Crippen LogP contribution in [0, 0.1) is 29.0 Å². The lowest BCUT2D eigenvalue weighted by Crippen LogP contribution is -2.55. The second-order valence-electron chi connectivity index (χ2n) is 10.2. The number of likely N-dealkylation sites (tertiary alicyclic amines) is 1. The van der Waals surface area contributed by atoms with Crippen LogP contribution in [-0.2, 0) is 11.2 Å². The molecule has 4 aliphatic carbocycles. The number of nitrogens with zero attached hydrogens (tertiary/aromatic N) is 1. The molecule has 1 N–H and O–H groups in total. The van der Waals surface area contributed by atoms with E-state index in [-0.39, 0.29) is 11.2 Å². The molecule has 152 valence electrons. The summed E-state index contributed by atoms with van der Waals surface area (Å²) in [5.41, 5.74) is 1.18. The molecule has 1 aliphatic heterocycles. The Morgan fingerprint density at radius 1 is 1.07 bits per heavy atom. The van der Waals surface area contributed by atoms with E-state index in [4.69, 9.17) is 0 Å². The van der Waals surface area contributed by atoms with Crippen molar-refractivity contribution >= 4 is 5.91 Å². The largest absolute Gasteiger partial charge is 0.352 e. The van der Waals surface area contributed by atoms with Crippen molar-refractivity contribution in [2.45, 2.75) is 63.8 Å². The number of carbonyl (C=O) groups excluding carboxylic acids is 1. The van der Waals surface area contributed by atoms with Crippen molar-refractivity contribution in [2.24, 2.45) is 23.2 Å². The predicted molar refractivity (Wildman–Crippen MR) is 108 cm³/mol. The Hall–Kier alpha value is -1.42. The molecule has 6 rings (SSSR count). The molecule has 0 spiro atoms. The van der Waals surface area contributed by atoms with Gasteiger partial charge in [-0.2, -0.15) is 0 Å². The molecule has 1 aromatic rings. The molecule has 0 radical (unpaired) electrons. The quantitative estimate of drug-likeness (QED) is 0.799. The van der Waals surface area contributed by atoms with E-state index in [1.807, 2.05) is 12.1 Å². The summed E-state index contributed by atoms with van der Waals surface area (Å²) < 4.78 is 13.0. The van der Waals surface area contributed by atoms with Gasteiger partial charge >= 0.3 is 0 Å². The normalized spacial score (nSPS) is 36.8. The van der Waals surface area contributed by atoms with Crippen molar-refractivity contribution in [2.75, 3.05) is 19.6 Å². The van der Waals surface area contributed by atoms with Gasteiger partial charge in [-0.25, -0.2) is 4.39 Å². The molecule has 1 aromatic carbocycles. The summed E-state index contributed by atoms with van der Waals surface area (Å²) in [6, 6.07) is 7.18. The molecule has 4 bridgehead atoms. The third-order valence-electron chi connectivity index (χ3n) is 7.98. The van der Waals surface area contributed by atoms with E-state index in [0.717, 1.165) is 75.9 Å². The Kier molecular flexibility index (Phi) is 4.94. The molecule has 1 atom stereocenters. The predicted octanol–water partition coefficient (Wildman–Crippen LogP) is 4.17. The second-order valence-corrected chi connectivity index (χ2v) is 10.2. The van der Waals surface area contributed by atoms with Crippen molar-refractivity contribution in [3.63, 3.8) is 0 Å². The standard InChI is InChI=1S/C24H33FN2O/c25-21-5-3-17(4-6-21)2-1-8-27-9-7-22(16-27)26-23(28)24-13-18-10-19(14-24)12-20(11-18)15-24/h3-6,18-20,22H,1-2,7-16H2,(H,26,28). The zero-order valence-electron chi connectivity index (χ0n) is 16.8. The fourth-order valence-corrected chi connectivity index (χ4v) is 7.04. The summed E-state index contributed by atoms with van der Waals surface area (Å²) in [5, 5.41) is 3.46. The van der Waals surface area contributed by atoms with Crippen LogP contribution in [0.15, 0.2) is 24.3 Å². The average Bonchev–Trinajstić information content (AvgIpc) is 3.09. The molecule has 5 fully saturated rings. The van der Waals surface area contributed by atoms with Crippen LogP contribution in [-0.4, -0.2) is 36.5 Å². The summed E-state index contributed by atoms with van der Waals surface area (Å²) in [5.74, 6) is 2.68. The maximum absolute atomic E-state index is 13.2. The molecule has 5 aliphatic rings. The molecule has 1 amide bonds. The Labute approximate surface area is 168 Å². The Balaban J connectivity index is 1.09. The van der Waals surface area contributed by atoms with Crippen molar-refractivity contribution in [3.05, 3.63) is 35.6 Å². The first-order valence-corrected chi connectivity index (χ1v) is 11.4. The summed E-state index contributed by atoms with van der Waals surface area (Å²) in [7, 11) is 0. The van der Waals surface area contributed by atoms with Crippen LogP contribution in [0.2, 0.25) is 0 Å². The molecule has 4 saturated carbocycles. The SMILES string of the molecule is O=C(NC1CCN(CCCc2ccc(F)cc2)C1)C12CC3CC(CC(C3)C1)C2. The van der Waals surface area contributed by atoms with Crippen molar-refractivity contribution in [1.29, 1.82) is 0 Å². The van der Waals surface area contributed by atoms with E-state index >= 15 is 0 Å². The molecule has 1 unspecified atom stereocenters. The maximum atomic E-state index is 13.2. The van der Waals surface area contributed by atoms with Gasteiger partial charge in [-0.05, 0) is 99.8 Å². The third kappa shape index (κ3) is 3.72. The van der Waals surface area contributed by atoms with E-state index in [9.17, 15) is 9.18 Å². The van der Waals surface area contributed by atoms with Crippen LogP contribution in [0.5, 0.6) is 0 Å². The number of carbonyl (C=O) groups is 1. The van der Waals surface area contributed by atoms with Gasteiger partial charge in [0.25, 0.3) is 0 Å². The van der Waals surface area contributed by atoms with Crippen LogP contribution in [0.25, 0.3) is 0 Å². The highest BCUT2D eigenvalue weighted by molar-refractivity contribution is 5.83. The topological polar surface area (TPSA) is 32.3 Å². The highest BCUT2D eigenvalue weighted by atomic mass is 19.1. The van der Waals surface area contributed by atoms with Gasteiger partial charge in [0.2, 0.25) is 5.91 Å². The van der Waals surface area contributed by atoms with E-state index in [1.54, 1.807) is 12.1 Å². The van der Waals surface area contributed by atoms with Gasteiger partial charge in [0.15, 0.2) is 0 Å². The fourth-order valence-electron chi connectivity index (χ4n) is 7.04. The first-order chi connectivity index (χ1) is 13.6. The minimum absolute atomic E-state index is 0.0231. The smallest absolute Gasteiger partial charge is 0.226 e. The Morgan fingerprint density at radius 3 is 2.36 bits per heavy atom. The van der Waals surface area contributed by atoms with Crippen molar-refractivity contribution in [3.8, 4) is 0 Å². The lowest BCUT2D eigenvalue weighted by atomic mass is 9.49. The minimum Gasteiger partial charge on any atom is -0.352 e. The van der Waals surface area contributed by atoms with Gasteiger partial charge in [0.05, 0.1) is 0 Å². The number of nitrogens with one attached hydrogen (secondary N) is 1. The van der Waals surface area contributed by atoms with E-state index in [2.05, 4.69) is 10.2 Å². The number of halogens is 1. The monoisotopic (exact) mass is 384 g/mol. The second kappa shape index (κ2) is 7.44. The van der Waals surface area contributed by atoms with Crippen molar-refractivity contribution in [1.82, 2.24) is 10.2 Å². The van der Waals surface area contributed by atoms with Gasteiger partial charge in [-0.3, -0.25) is 4.79 Å². The summed E-state index contributed by atoms with van der Waals surface area (Å²) in [4.78, 5) is 15.7. The van der Waals surface area contributed by atoms with Crippen LogP contribution in [0.3, 0.4) is 0 Å². The zero-order chi connectivity index (χ0) is 19.1. The van der Waals surface area contributed by atoms with Crippen molar-refractivity contribution < 1.29 is 9.18 Å². The highest BCUT2D eigenvalue weighted by Crippen LogP contribution is 2.60. The average molecular weight is 385 g/mol. The lowest BCUT2D eigenvalue weighted by molar-refractivity contribution is -0.146. The first kappa shape index (κ1) is 18.6. The first-order valence-electron chi connectivity index (χ1n) is 11.4. The molecular formula is C24H33FN2O. The number of amides is 1. The maximum Gasteiger partial charge on any atom is 0.226 e. The van der Waals surface area contributed by atoms with E-state index in [1.165, 1.54) is 24.8 Å². The highest BCUT2D eigenvalue weighted by Gasteiger charge is 2.54. The molecule has 3 nitrogen and oxygen atoms in total. The Bertz CT molecular complexity index is 681. The molecule has 28 heavy (non-hydrogen) atoms. The fraction of sp³-hybridized carbons (Fsp3) is 0.708. The summed E-state index contributed by atoms with van der Waals surface area (Å²) >= 11 is 0. The van der Waals surface area contributed by atoms with E-state index in [0.29, 0.717) is 11.9 Å². The molecule has 0 aromatic heterocycles. The van der Waals surface area contributed by atoms with Gasteiger partial charge in [-0.15, -0.1) is 0 Å². The number of hydrogen-bond acceptors (Lipinski definition) is 2. The molecular weight excluding hydrogens is 351 g/mol. The number of rotatable bonds is 6. The third-order valence-corrected chi connectivity index (χ3v) is 7.98. The van der Waals surface area contributed by atoms with Gasteiger partial charge in [0.1, 0.15) is 5.82 Å². The zero-order valence-corrected chi connectivity index (χ0v) is 16.8. The lowest BCUT2D eigenvalue weighted by Gasteiger charge is -2.55. The van der Waals surface area contributed by atoms with Crippen LogP contribution in [0.4, 0.5) is 4.39 Å². The molecule has 4 heteroatoms. The van der Waals surface area contributed by atoms with Crippen LogP contribution < -0.4 is 5.32 Å². The van der Waals surface area contributed by atoms with Crippen LogP contribution >= 0.6 is 0 Å². The Morgan fingerprint density at radius 2 is 1.71 bits per heavy atom. The van der Waals surface area contributed by atoms with Gasteiger partial charge < -0.3 is 10.2 Å². The van der Waals surface area contributed by atoms with E-state index < -0.39 is 0 Å². The van der Waals surface area contributed by atoms with Gasteiger partial charge in [-0.1, -0.05) is 12.1 Å².